The number of benzene rings is 1. The minimum atomic E-state index is -0.742. The predicted molar refractivity (Wildman–Crippen MR) is 126 cm³/mol. The maximum absolute atomic E-state index is 13.7. The van der Waals surface area contributed by atoms with E-state index in [9.17, 15) is 9.59 Å². The van der Waals surface area contributed by atoms with Crippen molar-refractivity contribution in [3.05, 3.63) is 47.3 Å². The monoisotopic (exact) mass is 453 g/mol. The van der Waals surface area contributed by atoms with Gasteiger partial charge in [0, 0.05) is 44.5 Å². The maximum Gasteiger partial charge on any atom is 0.327 e. The van der Waals surface area contributed by atoms with Crippen LogP contribution in [0.5, 0.6) is 5.75 Å². The number of likely N-dealkylation sites (tertiary alicyclic amines) is 1. The lowest BCUT2D eigenvalue weighted by Crippen LogP contribution is -2.57. The molecule has 33 heavy (non-hydrogen) atoms. The minimum absolute atomic E-state index is 0.0545. The summed E-state index contributed by atoms with van der Waals surface area (Å²) in [7, 11) is 3.58. The van der Waals surface area contributed by atoms with Crippen LogP contribution in [0, 0.1) is 12.8 Å². The van der Waals surface area contributed by atoms with Gasteiger partial charge in [0.05, 0.1) is 19.9 Å². The number of imide groups is 1. The number of piperidine rings is 1. The molecule has 2 fully saturated rings. The Bertz CT molecular complexity index is 1010. The summed E-state index contributed by atoms with van der Waals surface area (Å²) in [6, 6.07) is 7.38. The van der Waals surface area contributed by atoms with Crippen molar-refractivity contribution in [1.29, 1.82) is 0 Å². The summed E-state index contributed by atoms with van der Waals surface area (Å²) in [5.74, 6) is 0.990. The Kier molecular flexibility index (Phi) is 6.47. The molecule has 0 saturated carbocycles. The molecule has 0 N–H and O–H groups in total. The summed E-state index contributed by atoms with van der Waals surface area (Å²) >= 11 is 0. The fourth-order valence-electron chi connectivity index (χ4n) is 4.96. The van der Waals surface area contributed by atoms with Crippen molar-refractivity contribution in [3.63, 3.8) is 0 Å². The van der Waals surface area contributed by atoms with Crippen LogP contribution in [0.25, 0.3) is 0 Å². The zero-order valence-corrected chi connectivity index (χ0v) is 20.4. The van der Waals surface area contributed by atoms with E-state index in [0.717, 1.165) is 36.6 Å². The number of carbonyl (C=O) groups is 2. The number of ether oxygens (including phenoxy) is 1. The number of aromatic nitrogens is 2. The van der Waals surface area contributed by atoms with Crippen molar-refractivity contribution in [2.75, 3.05) is 26.7 Å². The third-order valence-corrected chi connectivity index (χ3v) is 7.08. The van der Waals surface area contributed by atoms with Gasteiger partial charge in [0.15, 0.2) is 0 Å². The fourth-order valence-corrected chi connectivity index (χ4v) is 4.96. The van der Waals surface area contributed by atoms with Crippen LogP contribution < -0.4 is 4.74 Å². The van der Waals surface area contributed by atoms with Gasteiger partial charge in [-0.3, -0.25) is 19.3 Å². The molecule has 0 unspecified atom stereocenters. The number of amides is 3. The molecule has 2 aromatic rings. The largest absolute Gasteiger partial charge is 0.497 e. The second-order valence-corrected chi connectivity index (χ2v) is 9.71. The first-order chi connectivity index (χ1) is 15.7. The third-order valence-electron chi connectivity index (χ3n) is 7.08. The van der Waals surface area contributed by atoms with Crippen LogP contribution in [-0.4, -0.2) is 68.7 Å². The van der Waals surface area contributed by atoms with E-state index >= 15 is 0 Å². The van der Waals surface area contributed by atoms with Crippen molar-refractivity contribution in [1.82, 2.24) is 24.5 Å². The van der Waals surface area contributed by atoms with Gasteiger partial charge in [0.1, 0.15) is 11.3 Å². The van der Waals surface area contributed by atoms with Crippen LogP contribution in [0.1, 0.15) is 43.5 Å². The second-order valence-electron chi connectivity index (χ2n) is 9.71. The Morgan fingerprint density at radius 1 is 1.09 bits per heavy atom. The number of nitrogens with zero attached hydrogens (tertiary/aromatic N) is 5. The first-order valence-electron chi connectivity index (χ1n) is 11.7. The van der Waals surface area contributed by atoms with Gasteiger partial charge < -0.3 is 9.64 Å². The van der Waals surface area contributed by atoms with Crippen LogP contribution >= 0.6 is 0 Å². The van der Waals surface area contributed by atoms with E-state index in [2.05, 4.69) is 30.8 Å². The summed E-state index contributed by atoms with van der Waals surface area (Å²) in [6.07, 6.45) is 3.23. The molecule has 0 radical (unpaired) electrons. The zero-order chi connectivity index (χ0) is 23.8. The highest BCUT2D eigenvalue weighted by molar-refractivity contribution is 6.07. The molecule has 0 bridgehead atoms. The number of rotatable bonds is 7. The van der Waals surface area contributed by atoms with Crippen LogP contribution in [0.15, 0.2) is 30.5 Å². The fraction of sp³-hybridized carbons (Fsp3) is 0.560. The first-order valence-corrected chi connectivity index (χ1v) is 11.7. The van der Waals surface area contributed by atoms with E-state index in [0.29, 0.717) is 19.4 Å². The van der Waals surface area contributed by atoms with E-state index in [1.807, 2.05) is 47.1 Å². The van der Waals surface area contributed by atoms with E-state index in [4.69, 9.17) is 4.74 Å². The number of aryl methyl sites for hydroxylation is 1. The van der Waals surface area contributed by atoms with E-state index in [-0.39, 0.29) is 24.4 Å². The van der Waals surface area contributed by atoms with Gasteiger partial charge in [0.2, 0.25) is 0 Å². The van der Waals surface area contributed by atoms with E-state index < -0.39 is 5.54 Å². The van der Waals surface area contributed by atoms with Crippen molar-refractivity contribution in [2.45, 2.75) is 52.2 Å². The Hall–Kier alpha value is -2.87. The molecule has 3 amide bonds. The molecule has 8 nitrogen and oxygen atoms in total. The Morgan fingerprint density at radius 2 is 1.76 bits per heavy atom. The SMILES string of the molecule is COc1ccc(CN2C(=O)N(CC(C)C)C3(CCN(Cc4cnn(C)c4C)CC3)C2=O)cc1. The van der Waals surface area contributed by atoms with Gasteiger partial charge in [0.25, 0.3) is 5.91 Å². The van der Waals surface area contributed by atoms with Crippen LogP contribution in [-0.2, 0) is 24.9 Å². The van der Waals surface area contributed by atoms with Gasteiger partial charge in [-0.2, -0.15) is 5.10 Å². The summed E-state index contributed by atoms with van der Waals surface area (Å²) < 4.78 is 7.12. The summed E-state index contributed by atoms with van der Waals surface area (Å²) in [5.41, 5.74) is 2.55. The highest BCUT2D eigenvalue weighted by atomic mass is 16.5. The normalized spacial score (nSPS) is 18.7. The van der Waals surface area contributed by atoms with Gasteiger partial charge >= 0.3 is 6.03 Å². The Labute approximate surface area is 196 Å². The van der Waals surface area contributed by atoms with E-state index in [1.165, 1.54) is 10.5 Å². The number of hydrogen-bond acceptors (Lipinski definition) is 5. The Balaban J connectivity index is 1.52. The quantitative estimate of drug-likeness (QED) is 0.602. The summed E-state index contributed by atoms with van der Waals surface area (Å²) in [5, 5.41) is 4.35. The number of methoxy groups -OCH3 is 1. The lowest BCUT2D eigenvalue weighted by atomic mass is 9.85. The van der Waals surface area contributed by atoms with Gasteiger partial charge in [-0.1, -0.05) is 26.0 Å². The molecule has 2 aliphatic heterocycles. The Morgan fingerprint density at radius 3 is 2.30 bits per heavy atom. The van der Waals surface area contributed by atoms with E-state index in [1.54, 1.807) is 7.11 Å². The van der Waals surface area contributed by atoms with Crippen LogP contribution in [0.4, 0.5) is 4.79 Å². The average Bonchev–Trinajstić information content (AvgIpc) is 3.21. The molecular formula is C25H35N5O3. The standard InChI is InChI=1S/C25H35N5O3/c1-18(2)15-30-24(32)29(16-20-6-8-22(33-5)9-7-20)23(31)25(30)10-12-28(13-11-25)17-21-14-26-27(4)19(21)3/h6-9,14,18H,10-13,15-17H2,1-5H3. The number of urea groups is 1. The molecular weight excluding hydrogens is 418 g/mol. The van der Waals surface area contributed by atoms with Crippen LogP contribution in [0.2, 0.25) is 0 Å². The molecule has 4 rings (SSSR count). The summed E-state index contributed by atoms with van der Waals surface area (Å²) in [6.45, 7) is 9.51. The van der Waals surface area contributed by atoms with Gasteiger partial charge in [-0.15, -0.1) is 0 Å². The summed E-state index contributed by atoms with van der Waals surface area (Å²) in [4.78, 5) is 32.9. The molecule has 2 aliphatic rings. The van der Waals surface area contributed by atoms with Gasteiger partial charge in [-0.25, -0.2) is 4.79 Å². The minimum Gasteiger partial charge on any atom is -0.497 e. The molecule has 3 heterocycles. The smallest absolute Gasteiger partial charge is 0.327 e. The number of hydrogen-bond donors (Lipinski definition) is 0. The molecule has 0 aliphatic carbocycles. The maximum atomic E-state index is 13.7. The first kappa shape index (κ1) is 23.3. The highest BCUT2D eigenvalue weighted by Gasteiger charge is 2.57. The number of carbonyl (C=O) groups excluding carboxylic acids is 2. The third kappa shape index (κ3) is 4.36. The molecule has 8 heteroatoms. The highest BCUT2D eigenvalue weighted by Crippen LogP contribution is 2.39. The van der Waals surface area contributed by atoms with Crippen molar-refractivity contribution < 1.29 is 14.3 Å². The molecule has 0 atom stereocenters. The van der Waals surface area contributed by atoms with Crippen molar-refractivity contribution in [3.8, 4) is 5.75 Å². The van der Waals surface area contributed by atoms with Gasteiger partial charge in [-0.05, 0) is 43.4 Å². The molecule has 1 aromatic heterocycles. The molecule has 1 aromatic carbocycles. The second kappa shape index (κ2) is 9.17. The lowest BCUT2D eigenvalue weighted by Gasteiger charge is -2.42. The topological polar surface area (TPSA) is 70.9 Å². The lowest BCUT2D eigenvalue weighted by molar-refractivity contribution is -0.136. The van der Waals surface area contributed by atoms with Crippen molar-refractivity contribution >= 4 is 11.9 Å². The average molecular weight is 454 g/mol. The van der Waals surface area contributed by atoms with Crippen LogP contribution in [0.3, 0.4) is 0 Å². The molecule has 1 spiro atoms. The predicted octanol–water partition coefficient (Wildman–Crippen LogP) is 3.19. The molecule has 2 saturated heterocycles. The zero-order valence-electron chi connectivity index (χ0n) is 20.4. The molecule has 178 valence electrons. The van der Waals surface area contributed by atoms with Crippen molar-refractivity contribution in [2.24, 2.45) is 13.0 Å².